The summed E-state index contributed by atoms with van der Waals surface area (Å²) >= 11 is 3.51. The number of carbonyl (C=O) groups excluding carboxylic acids is 1. The maximum absolute atomic E-state index is 11.8. The lowest BCUT2D eigenvalue weighted by molar-refractivity contribution is -0.123. The molecule has 0 aromatic heterocycles. The molecule has 110 valence electrons. The van der Waals surface area contributed by atoms with E-state index in [0.29, 0.717) is 12.3 Å². The summed E-state index contributed by atoms with van der Waals surface area (Å²) < 4.78 is 6.61. The van der Waals surface area contributed by atoms with Gasteiger partial charge in [-0.25, -0.2) is 0 Å². The van der Waals surface area contributed by atoms with Crippen molar-refractivity contribution in [3.05, 3.63) is 63.6 Å². The Balaban J connectivity index is 1.84. The first-order valence-corrected chi connectivity index (χ1v) is 7.55. The minimum Gasteiger partial charge on any atom is -0.484 e. The lowest BCUT2D eigenvalue weighted by Crippen LogP contribution is -2.28. The second-order valence-electron chi connectivity index (χ2n) is 4.92. The molecule has 0 bridgehead atoms. The molecule has 2 aromatic rings. The third-order valence-corrected chi connectivity index (χ3v) is 4.36. The molecule has 2 aromatic carbocycles. The molecular weight excluding hydrogens is 330 g/mol. The Labute approximate surface area is 133 Å². The van der Waals surface area contributed by atoms with Gasteiger partial charge < -0.3 is 10.1 Å². The Kier molecular flexibility index (Phi) is 5.39. The third kappa shape index (κ3) is 4.60. The van der Waals surface area contributed by atoms with Gasteiger partial charge in [-0.2, -0.15) is 0 Å². The fraction of sp³-hybridized carbons (Fsp3) is 0.235. The largest absolute Gasteiger partial charge is 0.484 e. The maximum Gasteiger partial charge on any atom is 0.258 e. The first kappa shape index (κ1) is 15.6. The van der Waals surface area contributed by atoms with Gasteiger partial charge in [0.25, 0.3) is 5.91 Å². The highest BCUT2D eigenvalue weighted by Crippen LogP contribution is 2.26. The molecule has 2 rings (SSSR count). The molecule has 0 spiro atoms. The number of nitrogens with one attached hydrogen (secondary N) is 1. The zero-order valence-electron chi connectivity index (χ0n) is 12.2. The lowest BCUT2D eigenvalue weighted by Gasteiger charge is -2.10. The lowest BCUT2D eigenvalue weighted by atomic mass is 10.1. The van der Waals surface area contributed by atoms with Crippen LogP contribution in [0.15, 0.2) is 46.9 Å². The van der Waals surface area contributed by atoms with Crippen molar-refractivity contribution in [3.8, 4) is 5.75 Å². The minimum absolute atomic E-state index is 0.0212. The van der Waals surface area contributed by atoms with Crippen molar-refractivity contribution in [2.45, 2.75) is 20.4 Å². The van der Waals surface area contributed by atoms with Crippen molar-refractivity contribution >= 4 is 21.8 Å². The fourth-order valence-electron chi connectivity index (χ4n) is 1.99. The Bertz CT molecular complexity index is 603. The van der Waals surface area contributed by atoms with E-state index in [-0.39, 0.29) is 12.5 Å². The number of hydrogen-bond acceptors (Lipinski definition) is 2. The molecule has 0 saturated carbocycles. The van der Waals surface area contributed by atoms with Crippen LogP contribution < -0.4 is 10.1 Å². The van der Waals surface area contributed by atoms with Crippen LogP contribution in [0.4, 0.5) is 0 Å². The molecule has 1 N–H and O–H groups in total. The van der Waals surface area contributed by atoms with Gasteiger partial charge in [0.05, 0.1) is 0 Å². The number of amides is 1. The summed E-state index contributed by atoms with van der Waals surface area (Å²) in [6.07, 6.45) is 0. The third-order valence-electron chi connectivity index (χ3n) is 3.11. The predicted octanol–water partition coefficient (Wildman–Crippen LogP) is 3.76. The van der Waals surface area contributed by atoms with Crippen molar-refractivity contribution < 1.29 is 9.53 Å². The van der Waals surface area contributed by atoms with E-state index in [1.807, 2.05) is 56.3 Å². The molecule has 1 amide bonds. The van der Waals surface area contributed by atoms with Gasteiger partial charge in [-0.05, 0) is 42.7 Å². The zero-order valence-corrected chi connectivity index (χ0v) is 13.7. The summed E-state index contributed by atoms with van der Waals surface area (Å²) in [5.41, 5.74) is 3.26. The molecule has 0 unspecified atom stereocenters. The Morgan fingerprint density at radius 3 is 2.38 bits per heavy atom. The molecule has 0 heterocycles. The van der Waals surface area contributed by atoms with E-state index in [4.69, 9.17) is 4.74 Å². The van der Waals surface area contributed by atoms with E-state index in [0.717, 1.165) is 21.2 Å². The predicted molar refractivity (Wildman–Crippen MR) is 87.4 cm³/mol. The van der Waals surface area contributed by atoms with Crippen molar-refractivity contribution in [1.82, 2.24) is 5.32 Å². The summed E-state index contributed by atoms with van der Waals surface area (Å²) in [4.78, 5) is 11.8. The molecule has 0 aliphatic heterocycles. The van der Waals surface area contributed by atoms with Crippen molar-refractivity contribution in [1.29, 1.82) is 0 Å². The highest BCUT2D eigenvalue weighted by molar-refractivity contribution is 9.10. The second kappa shape index (κ2) is 7.27. The average Bonchev–Trinajstić information content (AvgIpc) is 2.49. The molecule has 4 heteroatoms. The number of hydrogen-bond donors (Lipinski definition) is 1. The zero-order chi connectivity index (χ0) is 15.2. The highest BCUT2D eigenvalue weighted by atomic mass is 79.9. The van der Waals surface area contributed by atoms with E-state index >= 15 is 0 Å². The molecule has 0 aliphatic rings. The van der Waals surface area contributed by atoms with E-state index in [2.05, 4.69) is 21.2 Å². The van der Waals surface area contributed by atoms with Gasteiger partial charge in [-0.1, -0.05) is 46.3 Å². The molecule has 3 nitrogen and oxygen atoms in total. The van der Waals surface area contributed by atoms with Crippen LogP contribution in [-0.2, 0) is 11.3 Å². The van der Waals surface area contributed by atoms with Gasteiger partial charge in [0.1, 0.15) is 5.75 Å². The Morgan fingerprint density at radius 2 is 1.76 bits per heavy atom. The molecule has 0 radical (unpaired) electrons. The topological polar surface area (TPSA) is 38.3 Å². The van der Waals surface area contributed by atoms with Gasteiger partial charge in [0, 0.05) is 11.0 Å². The molecule has 0 aliphatic carbocycles. The van der Waals surface area contributed by atoms with Crippen molar-refractivity contribution in [2.75, 3.05) is 6.61 Å². The monoisotopic (exact) mass is 347 g/mol. The number of benzene rings is 2. The van der Waals surface area contributed by atoms with E-state index < -0.39 is 0 Å². The van der Waals surface area contributed by atoms with Crippen molar-refractivity contribution in [2.24, 2.45) is 0 Å². The summed E-state index contributed by atoms with van der Waals surface area (Å²) in [6, 6.07) is 13.6. The molecule has 21 heavy (non-hydrogen) atoms. The SMILES string of the molecule is Cc1cc(OCC(=O)NCc2ccccc2)cc(C)c1Br. The first-order valence-electron chi connectivity index (χ1n) is 6.76. The molecule has 0 saturated heterocycles. The smallest absolute Gasteiger partial charge is 0.258 e. The number of rotatable bonds is 5. The number of halogens is 1. The van der Waals surface area contributed by atoms with Gasteiger partial charge in [-0.15, -0.1) is 0 Å². The van der Waals surface area contributed by atoms with Crippen LogP contribution in [0.5, 0.6) is 5.75 Å². The van der Waals surface area contributed by atoms with E-state index in [1.54, 1.807) is 0 Å². The molecule has 0 atom stereocenters. The summed E-state index contributed by atoms with van der Waals surface area (Å²) in [5.74, 6) is 0.583. The maximum atomic E-state index is 11.8. The van der Waals surface area contributed by atoms with Gasteiger partial charge in [-0.3, -0.25) is 4.79 Å². The van der Waals surface area contributed by atoms with Crippen LogP contribution in [0.3, 0.4) is 0 Å². The number of aryl methyl sites for hydroxylation is 2. The van der Waals surface area contributed by atoms with Gasteiger partial charge in [0.15, 0.2) is 6.61 Å². The number of ether oxygens (including phenoxy) is 1. The van der Waals surface area contributed by atoms with Crippen LogP contribution in [0, 0.1) is 13.8 Å². The Hall–Kier alpha value is -1.81. The highest BCUT2D eigenvalue weighted by Gasteiger charge is 2.06. The quantitative estimate of drug-likeness (QED) is 0.894. The summed E-state index contributed by atoms with van der Waals surface area (Å²) in [6.45, 7) is 4.54. The van der Waals surface area contributed by atoms with Crippen LogP contribution >= 0.6 is 15.9 Å². The van der Waals surface area contributed by atoms with Crippen LogP contribution in [0.25, 0.3) is 0 Å². The first-order chi connectivity index (χ1) is 10.1. The van der Waals surface area contributed by atoms with Gasteiger partial charge in [0.2, 0.25) is 0 Å². The normalized spacial score (nSPS) is 10.2. The Morgan fingerprint density at radius 1 is 1.14 bits per heavy atom. The average molecular weight is 348 g/mol. The standard InChI is InChI=1S/C17H18BrNO2/c1-12-8-15(9-13(2)17(12)18)21-11-16(20)19-10-14-6-4-3-5-7-14/h3-9H,10-11H2,1-2H3,(H,19,20). The molecular formula is C17H18BrNO2. The number of carbonyl (C=O) groups is 1. The minimum atomic E-state index is -0.128. The van der Waals surface area contributed by atoms with Crippen LogP contribution in [0.2, 0.25) is 0 Å². The van der Waals surface area contributed by atoms with Crippen molar-refractivity contribution in [3.63, 3.8) is 0 Å². The molecule has 0 fully saturated rings. The van der Waals surface area contributed by atoms with E-state index in [9.17, 15) is 4.79 Å². The second-order valence-corrected chi connectivity index (χ2v) is 5.72. The fourth-order valence-corrected chi connectivity index (χ4v) is 2.21. The van der Waals surface area contributed by atoms with Gasteiger partial charge >= 0.3 is 0 Å². The van der Waals surface area contributed by atoms with Crippen LogP contribution in [-0.4, -0.2) is 12.5 Å². The summed E-state index contributed by atoms with van der Waals surface area (Å²) in [7, 11) is 0. The van der Waals surface area contributed by atoms with Crippen LogP contribution in [0.1, 0.15) is 16.7 Å². The summed E-state index contributed by atoms with van der Waals surface area (Å²) in [5, 5.41) is 2.84. The van der Waals surface area contributed by atoms with E-state index in [1.165, 1.54) is 0 Å².